The maximum Gasteiger partial charge on any atom is 0.343 e. The van der Waals surface area contributed by atoms with E-state index >= 15 is 0 Å². The van der Waals surface area contributed by atoms with E-state index in [2.05, 4.69) is 10.3 Å². The number of aryl methyl sites for hydroxylation is 1. The molecule has 0 radical (unpaired) electrons. The summed E-state index contributed by atoms with van der Waals surface area (Å²) in [5.74, 6) is -0.0107. The Morgan fingerprint density at radius 3 is 3.16 bits per heavy atom. The zero-order valence-electron chi connectivity index (χ0n) is 10.7. The summed E-state index contributed by atoms with van der Waals surface area (Å²) < 4.78 is 6.66. The standard InChI is InChI=1S/C11H16N4O4/c1-8-12-6-11(15(17)18)14(8)7-10(16)13-5-9-3-2-4-19-9/h6,9H,2-5,7H2,1H3,(H,13,16)/t9-/m0/s1. The van der Waals surface area contributed by atoms with Gasteiger partial charge in [-0.15, -0.1) is 0 Å². The number of hydrogen-bond acceptors (Lipinski definition) is 5. The lowest BCUT2D eigenvalue weighted by atomic mass is 10.2. The van der Waals surface area contributed by atoms with Crippen LogP contribution in [0.2, 0.25) is 0 Å². The van der Waals surface area contributed by atoms with Crippen LogP contribution in [0.3, 0.4) is 0 Å². The molecule has 2 heterocycles. The van der Waals surface area contributed by atoms with Crippen LogP contribution < -0.4 is 5.32 Å². The molecule has 0 unspecified atom stereocenters. The fourth-order valence-corrected chi connectivity index (χ4v) is 2.03. The largest absolute Gasteiger partial charge is 0.376 e. The van der Waals surface area contributed by atoms with Crippen LogP contribution in [0, 0.1) is 17.0 Å². The Hall–Kier alpha value is -1.96. The summed E-state index contributed by atoms with van der Waals surface area (Å²) in [4.78, 5) is 25.8. The van der Waals surface area contributed by atoms with Crippen molar-refractivity contribution >= 4 is 11.7 Å². The number of imidazole rings is 1. The van der Waals surface area contributed by atoms with E-state index in [4.69, 9.17) is 4.74 Å². The highest BCUT2D eigenvalue weighted by Gasteiger charge is 2.21. The number of nitrogens with one attached hydrogen (secondary N) is 1. The first-order chi connectivity index (χ1) is 9.08. The number of carbonyl (C=O) groups excluding carboxylic acids is 1. The molecule has 19 heavy (non-hydrogen) atoms. The minimum atomic E-state index is -0.548. The first-order valence-electron chi connectivity index (χ1n) is 6.12. The number of ether oxygens (including phenoxy) is 1. The van der Waals surface area contributed by atoms with Gasteiger partial charge in [0.05, 0.1) is 6.10 Å². The van der Waals surface area contributed by atoms with Crippen molar-refractivity contribution in [2.45, 2.75) is 32.4 Å². The summed E-state index contributed by atoms with van der Waals surface area (Å²) >= 11 is 0. The van der Waals surface area contributed by atoms with Gasteiger partial charge in [-0.3, -0.25) is 4.79 Å². The van der Waals surface area contributed by atoms with Crippen molar-refractivity contribution < 1.29 is 14.5 Å². The molecule has 8 nitrogen and oxygen atoms in total. The molecule has 0 aromatic carbocycles. The Morgan fingerprint density at radius 2 is 2.53 bits per heavy atom. The first kappa shape index (κ1) is 13.5. The van der Waals surface area contributed by atoms with Crippen LogP contribution in [0.15, 0.2) is 6.20 Å². The summed E-state index contributed by atoms with van der Waals surface area (Å²) in [6.45, 7) is 2.70. The fraction of sp³-hybridized carbons (Fsp3) is 0.636. The van der Waals surface area contributed by atoms with Gasteiger partial charge in [0.25, 0.3) is 5.91 Å². The molecule has 0 saturated carbocycles. The lowest BCUT2D eigenvalue weighted by Gasteiger charge is -2.10. The van der Waals surface area contributed by atoms with Crippen LogP contribution in [0.1, 0.15) is 18.7 Å². The van der Waals surface area contributed by atoms with Crippen molar-refractivity contribution in [3.05, 3.63) is 22.1 Å². The molecule has 1 fully saturated rings. The van der Waals surface area contributed by atoms with E-state index in [1.807, 2.05) is 0 Å². The Balaban J connectivity index is 1.91. The molecule has 1 amide bonds. The van der Waals surface area contributed by atoms with Gasteiger partial charge >= 0.3 is 5.82 Å². The quantitative estimate of drug-likeness (QED) is 0.615. The average Bonchev–Trinajstić information content (AvgIpc) is 2.98. The normalized spacial score (nSPS) is 18.5. The van der Waals surface area contributed by atoms with E-state index in [1.165, 1.54) is 4.57 Å². The Labute approximate surface area is 109 Å². The van der Waals surface area contributed by atoms with Gasteiger partial charge in [0.15, 0.2) is 12.4 Å². The number of nitro groups is 1. The Bertz CT molecular complexity index is 479. The number of amides is 1. The Morgan fingerprint density at radius 1 is 1.74 bits per heavy atom. The molecule has 0 aliphatic carbocycles. The minimum absolute atomic E-state index is 0.0582. The molecule has 1 aromatic heterocycles. The van der Waals surface area contributed by atoms with Crippen molar-refractivity contribution in [1.82, 2.24) is 14.9 Å². The number of hydrogen-bond donors (Lipinski definition) is 1. The summed E-state index contributed by atoms with van der Waals surface area (Å²) in [5.41, 5.74) is 0. The lowest BCUT2D eigenvalue weighted by Crippen LogP contribution is -2.34. The SMILES string of the molecule is Cc1ncc([N+](=O)[O-])n1CC(=O)NC[C@@H]1CCCO1. The molecule has 8 heteroatoms. The zero-order chi connectivity index (χ0) is 13.8. The zero-order valence-corrected chi connectivity index (χ0v) is 10.7. The van der Waals surface area contributed by atoms with E-state index in [-0.39, 0.29) is 24.4 Å². The van der Waals surface area contributed by atoms with Gasteiger partial charge in [0, 0.05) is 20.1 Å². The molecule has 0 bridgehead atoms. The van der Waals surface area contributed by atoms with Gasteiger partial charge in [0.2, 0.25) is 0 Å². The van der Waals surface area contributed by atoms with Gasteiger partial charge in [-0.25, -0.2) is 9.55 Å². The van der Waals surface area contributed by atoms with Crippen molar-refractivity contribution in [1.29, 1.82) is 0 Å². The van der Waals surface area contributed by atoms with Crippen LogP contribution in [0.25, 0.3) is 0 Å². The number of nitrogens with zero attached hydrogens (tertiary/aromatic N) is 3. The summed E-state index contributed by atoms with van der Waals surface area (Å²) in [6, 6.07) is 0. The molecular weight excluding hydrogens is 252 g/mol. The smallest absolute Gasteiger partial charge is 0.343 e. The minimum Gasteiger partial charge on any atom is -0.376 e. The number of aromatic nitrogens is 2. The Kier molecular flexibility index (Phi) is 4.10. The molecule has 1 aliphatic rings. The highest BCUT2D eigenvalue weighted by atomic mass is 16.6. The van der Waals surface area contributed by atoms with Gasteiger partial charge in [-0.1, -0.05) is 0 Å². The van der Waals surface area contributed by atoms with Crippen LogP contribution in [-0.2, 0) is 16.1 Å². The molecular formula is C11H16N4O4. The van der Waals surface area contributed by atoms with E-state index in [0.29, 0.717) is 12.4 Å². The van der Waals surface area contributed by atoms with E-state index in [0.717, 1.165) is 25.6 Å². The van der Waals surface area contributed by atoms with Gasteiger partial charge in [-0.05, 0) is 17.8 Å². The lowest BCUT2D eigenvalue weighted by molar-refractivity contribution is -0.392. The summed E-state index contributed by atoms with van der Waals surface area (Å²) in [7, 11) is 0. The van der Waals surface area contributed by atoms with Crippen molar-refractivity contribution in [3.8, 4) is 0 Å². The fourth-order valence-electron chi connectivity index (χ4n) is 2.03. The predicted molar refractivity (Wildman–Crippen MR) is 65.6 cm³/mol. The second-order valence-electron chi connectivity index (χ2n) is 4.45. The molecule has 1 saturated heterocycles. The second-order valence-corrected chi connectivity index (χ2v) is 4.45. The van der Waals surface area contributed by atoms with Crippen LogP contribution in [0.4, 0.5) is 5.82 Å². The third-order valence-corrected chi connectivity index (χ3v) is 3.07. The van der Waals surface area contributed by atoms with E-state index in [9.17, 15) is 14.9 Å². The second kappa shape index (κ2) is 5.79. The van der Waals surface area contributed by atoms with Crippen LogP contribution in [-0.4, -0.2) is 39.6 Å². The van der Waals surface area contributed by atoms with Crippen LogP contribution in [0.5, 0.6) is 0 Å². The van der Waals surface area contributed by atoms with Gasteiger partial charge in [-0.2, -0.15) is 0 Å². The van der Waals surface area contributed by atoms with Gasteiger partial charge < -0.3 is 20.2 Å². The molecule has 1 atom stereocenters. The van der Waals surface area contributed by atoms with Gasteiger partial charge in [0.1, 0.15) is 6.20 Å². The summed E-state index contributed by atoms with van der Waals surface area (Å²) in [5, 5.41) is 13.5. The highest BCUT2D eigenvalue weighted by Crippen LogP contribution is 2.13. The molecule has 1 aliphatic heterocycles. The van der Waals surface area contributed by atoms with Crippen molar-refractivity contribution in [2.24, 2.45) is 0 Å². The third-order valence-electron chi connectivity index (χ3n) is 3.07. The molecule has 104 valence electrons. The van der Waals surface area contributed by atoms with E-state index < -0.39 is 4.92 Å². The van der Waals surface area contributed by atoms with Crippen molar-refractivity contribution in [2.75, 3.05) is 13.2 Å². The van der Waals surface area contributed by atoms with E-state index in [1.54, 1.807) is 6.92 Å². The number of carbonyl (C=O) groups is 1. The monoisotopic (exact) mass is 268 g/mol. The third kappa shape index (κ3) is 3.28. The average molecular weight is 268 g/mol. The first-order valence-corrected chi connectivity index (χ1v) is 6.12. The molecule has 1 N–H and O–H groups in total. The maximum absolute atomic E-state index is 11.8. The highest BCUT2D eigenvalue weighted by molar-refractivity contribution is 5.76. The summed E-state index contributed by atoms with van der Waals surface area (Å²) in [6.07, 6.45) is 3.16. The predicted octanol–water partition coefficient (Wildman–Crippen LogP) is 0.395. The molecule has 2 rings (SSSR count). The maximum atomic E-state index is 11.8. The van der Waals surface area contributed by atoms with Crippen LogP contribution >= 0.6 is 0 Å². The molecule has 0 spiro atoms. The number of rotatable bonds is 5. The topological polar surface area (TPSA) is 99.3 Å². The molecule has 1 aromatic rings. The van der Waals surface area contributed by atoms with Crippen molar-refractivity contribution in [3.63, 3.8) is 0 Å².